The highest BCUT2D eigenvalue weighted by Gasteiger charge is 2.23. The van der Waals surface area contributed by atoms with Gasteiger partial charge in [0.1, 0.15) is 6.07 Å². The van der Waals surface area contributed by atoms with Crippen molar-refractivity contribution in [3.05, 3.63) is 102 Å². The van der Waals surface area contributed by atoms with Crippen LogP contribution < -0.4 is 17.2 Å². The highest BCUT2D eigenvalue weighted by Crippen LogP contribution is 2.33. The quantitative estimate of drug-likeness (QED) is 0.227. The topological polar surface area (TPSA) is 184 Å². The van der Waals surface area contributed by atoms with Gasteiger partial charge in [-0.05, 0) is 42.5 Å². The first-order valence-corrected chi connectivity index (χ1v) is 15.3. The first-order chi connectivity index (χ1) is 20.7. The lowest BCUT2D eigenvalue weighted by molar-refractivity contribution is 0.100. The fraction of sp³-hybridized carbons (Fsp3) is 0.188. The fourth-order valence-electron chi connectivity index (χ4n) is 4.63. The van der Waals surface area contributed by atoms with Gasteiger partial charge in [0, 0.05) is 28.4 Å². The lowest BCUT2D eigenvalue weighted by Gasteiger charge is -2.07. The van der Waals surface area contributed by atoms with Gasteiger partial charge >= 0.3 is 0 Å². The average Bonchev–Trinajstić information content (AvgIpc) is 3.44. The predicted octanol–water partition coefficient (Wildman–Crippen LogP) is 5.50. The number of anilines is 2. The molecular weight excluding hydrogens is 562 g/mol. The molecule has 11 heteroatoms. The molecule has 5 aromatic rings. The van der Waals surface area contributed by atoms with E-state index >= 15 is 0 Å². The number of nitrogens with zero attached hydrogens (tertiary/aromatic N) is 4. The number of fused-ring (bicyclic) bond motifs is 1. The Hall–Kier alpha value is -5.21. The minimum atomic E-state index is -3.82. The van der Waals surface area contributed by atoms with Crippen LogP contribution in [0.3, 0.4) is 0 Å². The summed E-state index contributed by atoms with van der Waals surface area (Å²) < 4.78 is 27.5. The molecule has 0 spiro atoms. The monoisotopic (exact) mass is 595 g/mol. The van der Waals surface area contributed by atoms with Gasteiger partial charge in [-0.3, -0.25) is 4.79 Å². The van der Waals surface area contributed by atoms with Gasteiger partial charge in [0.25, 0.3) is 10.0 Å². The summed E-state index contributed by atoms with van der Waals surface area (Å²) in [7, 11) is -3.82. The number of aromatic nitrogens is 3. The summed E-state index contributed by atoms with van der Waals surface area (Å²) in [6.07, 6.45) is 11.8. The molecule has 0 unspecified atom stereocenters. The minimum absolute atomic E-state index is 0.00625. The second-order valence-corrected chi connectivity index (χ2v) is 11.7. The molecule has 0 atom stereocenters. The number of nitriles is 1. The van der Waals surface area contributed by atoms with Crippen LogP contribution in [0.25, 0.3) is 22.2 Å². The number of nitrogen functional groups attached to an aromatic ring is 2. The van der Waals surface area contributed by atoms with Crippen molar-refractivity contribution >= 4 is 38.5 Å². The number of hydrogen-bond acceptors (Lipinski definition) is 8. The molecule has 220 valence electrons. The summed E-state index contributed by atoms with van der Waals surface area (Å²) in [5.41, 5.74) is 18.6. The highest BCUT2D eigenvalue weighted by atomic mass is 32.2. The summed E-state index contributed by atoms with van der Waals surface area (Å²) in [4.78, 5) is 18.7. The summed E-state index contributed by atoms with van der Waals surface area (Å²) in [5.74, 6) is -0.424. The van der Waals surface area contributed by atoms with Crippen LogP contribution in [0.5, 0.6) is 0 Å². The van der Waals surface area contributed by atoms with E-state index in [9.17, 15) is 18.5 Å². The van der Waals surface area contributed by atoms with Gasteiger partial charge in [0.2, 0.25) is 11.9 Å². The Morgan fingerprint density at radius 1 is 0.837 bits per heavy atom. The van der Waals surface area contributed by atoms with E-state index in [1.165, 1.54) is 67.0 Å². The molecule has 3 aromatic carbocycles. The lowest BCUT2D eigenvalue weighted by atomic mass is 10.0. The summed E-state index contributed by atoms with van der Waals surface area (Å²) in [5, 5.41) is 10.0. The molecule has 0 radical (unpaired) electrons. The number of primary amides is 1. The standard InChI is InChI=1S/C19H13N5O2S.C7H8N2O.C6H12/c20-10-13-11-22-19(21)23-18(13)16-12-24(17-9-5-4-8-15(16)17)27(25,26)14-6-2-1-3-7-14;8-6-3-1-5(2-4-6)7(9)10;1-2-4-6-5-3-1/h1-9,11-12H,(H2,21,22,23);1-4H,8H2,(H2,9,10);1-6H2. The number of benzene rings is 3. The van der Waals surface area contributed by atoms with Crippen molar-refractivity contribution in [3.63, 3.8) is 0 Å². The third-order valence-electron chi connectivity index (χ3n) is 6.86. The molecule has 43 heavy (non-hydrogen) atoms. The van der Waals surface area contributed by atoms with Crippen LogP contribution in [0, 0.1) is 11.3 Å². The van der Waals surface area contributed by atoms with Gasteiger partial charge in [-0.25, -0.2) is 22.4 Å². The number of hydrogen-bond donors (Lipinski definition) is 3. The van der Waals surface area contributed by atoms with E-state index in [0.29, 0.717) is 33.4 Å². The molecule has 1 saturated carbocycles. The number of carbonyl (C=O) groups excluding carboxylic acids is 1. The van der Waals surface area contributed by atoms with Crippen molar-refractivity contribution < 1.29 is 13.2 Å². The molecule has 6 N–H and O–H groups in total. The van der Waals surface area contributed by atoms with Crippen LogP contribution in [-0.4, -0.2) is 28.3 Å². The number of nitrogens with two attached hydrogens (primary N) is 3. The molecular formula is C32H33N7O3S. The van der Waals surface area contributed by atoms with Crippen molar-refractivity contribution in [1.82, 2.24) is 13.9 Å². The molecule has 1 aliphatic rings. The van der Waals surface area contributed by atoms with Crippen LogP contribution in [0.1, 0.15) is 54.4 Å². The fourth-order valence-corrected chi connectivity index (χ4v) is 6.02. The summed E-state index contributed by atoms with van der Waals surface area (Å²) in [6.45, 7) is 0. The number of para-hydroxylation sites is 1. The van der Waals surface area contributed by atoms with E-state index < -0.39 is 15.9 Å². The second kappa shape index (κ2) is 14.1. The predicted molar refractivity (Wildman–Crippen MR) is 168 cm³/mol. The van der Waals surface area contributed by atoms with E-state index in [0.717, 1.165) is 0 Å². The Morgan fingerprint density at radius 2 is 1.42 bits per heavy atom. The highest BCUT2D eigenvalue weighted by molar-refractivity contribution is 7.90. The van der Waals surface area contributed by atoms with Gasteiger partial charge in [0.05, 0.1) is 27.9 Å². The van der Waals surface area contributed by atoms with Gasteiger partial charge in [-0.2, -0.15) is 5.26 Å². The molecule has 2 aromatic heterocycles. The second-order valence-electron chi connectivity index (χ2n) is 9.88. The summed E-state index contributed by atoms with van der Waals surface area (Å²) in [6, 6.07) is 23.7. The number of carbonyl (C=O) groups is 1. The Bertz CT molecular complexity index is 1830. The lowest BCUT2D eigenvalue weighted by Crippen LogP contribution is -2.11. The first-order valence-electron chi connectivity index (χ1n) is 13.8. The van der Waals surface area contributed by atoms with Crippen LogP contribution in [0.2, 0.25) is 0 Å². The maximum atomic E-state index is 13.2. The zero-order valence-electron chi connectivity index (χ0n) is 23.6. The van der Waals surface area contributed by atoms with Crippen LogP contribution in [0.4, 0.5) is 11.6 Å². The molecule has 0 saturated heterocycles. The van der Waals surface area contributed by atoms with Crippen LogP contribution in [-0.2, 0) is 10.0 Å². The zero-order valence-corrected chi connectivity index (χ0v) is 24.4. The van der Waals surface area contributed by atoms with E-state index in [4.69, 9.17) is 17.2 Å². The number of amides is 1. The number of rotatable bonds is 4. The SMILES string of the molecule is C1CCCCC1.N#Cc1cnc(N)nc1-c1cn(S(=O)(=O)c2ccccc2)c2ccccc12.NC(=O)c1ccc(N)cc1. The van der Waals surface area contributed by atoms with Gasteiger partial charge in [-0.1, -0.05) is 74.9 Å². The molecule has 6 rings (SSSR count). The Kier molecular flexibility index (Phi) is 10.1. The Morgan fingerprint density at radius 3 is 2.00 bits per heavy atom. The molecule has 0 bridgehead atoms. The smallest absolute Gasteiger partial charge is 0.268 e. The molecule has 0 aliphatic heterocycles. The van der Waals surface area contributed by atoms with Crippen LogP contribution >= 0.6 is 0 Å². The summed E-state index contributed by atoms with van der Waals surface area (Å²) >= 11 is 0. The van der Waals surface area contributed by atoms with E-state index in [-0.39, 0.29) is 16.4 Å². The molecule has 1 amide bonds. The normalized spacial score (nSPS) is 12.6. The van der Waals surface area contributed by atoms with E-state index in [1.807, 2.05) is 6.07 Å². The van der Waals surface area contributed by atoms with Crippen LogP contribution in [0.15, 0.2) is 96.2 Å². The molecule has 1 fully saturated rings. The van der Waals surface area contributed by atoms with E-state index in [2.05, 4.69) is 9.97 Å². The molecule has 2 heterocycles. The Labute approximate surface area is 250 Å². The minimum Gasteiger partial charge on any atom is -0.399 e. The van der Waals surface area contributed by atoms with Crippen molar-refractivity contribution in [2.45, 2.75) is 43.4 Å². The van der Waals surface area contributed by atoms with Gasteiger partial charge < -0.3 is 17.2 Å². The molecule has 1 aliphatic carbocycles. The third-order valence-corrected chi connectivity index (χ3v) is 8.54. The van der Waals surface area contributed by atoms with Crippen molar-refractivity contribution in [3.8, 4) is 17.3 Å². The third kappa shape index (κ3) is 7.55. The first kappa shape index (κ1) is 30.7. The van der Waals surface area contributed by atoms with Crippen molar-refractivity contribution in [2.75, 3.05) is 11.5 Å². The maximum Gasteiger partial charge on any atom is 0.268 e. The largest absolute Gasteiger partial charge is 0.399 e. The van der Waals surface area contributed by atoms with Crippen molar-refractivity contribution in [2.24, 2.45) is 5.73 Å². The molecule has 10 nitrogen and oxygen atoms in total. The maximum absolute atomic E-state index is 13.2. The van der Waals surface area contributed by atoms with Gasteiger partial charge in [-0.15, -0.1) is 0 Å². The Balaban J connectivity index is 0.000000215. The van der Waals surface area contributed by atoms with Crippen molar-refractivity contribution in [1.29, 1.82) is 5.26 Å². The van der Waals surface area contributed by atoms with E-state index in [1.54, 1.807) is 66.7 Å². The zero-order chi connectivity index (χ0) is 30.8. The average molecular weight is 596 g/mol. The van der Waals surface area contributed by atoms with Gasteiger partial charge in [0.15, 0.2) is 0 Å².